The molecule has 0 aliphatic carbocycles. The third kappa shape index (κ3) is 2.69. The molecular formula is C12H9ClN4O2S2. The van der Waals surface area contributed by atoms with Gasteiger partial charge < -0.3 is 0 Å². The molecule has 0 bridgehead atoms. The molecule has 1 aliphatic rings. The zero-order valence-electron chi connectivity index (χ0n) is 10.7. The lowest BCUT2D eigenvalue weighted by Gasteiger charge is -2.11. The lowest BCUT2D eigenvalue weighted by atomic mass is 10.3. The highest BCUT2D eigenvalue weighted by molar-refractivity contribution is 7.93. The van der Waals surface area contributed by atoms with Crippen LogP contribution in [0.4, 0.5) is 17.1 Å². The van der Waals surface area contributed by atoms with Gasteiger partial charge in [0.2, 0.25) is 0 Å². The molecule has 1 aromatic carbocycles. The molecule has 2 aromatic rings. The van der Waals surface area contributed by atoms with Crippen LogP contribution < -0.4 is 4.72 Å². The van der Waals surface area contributed by atoms with Crippen molar-refractivity contribution in [2.24, 2.45) is 8.73 Å². The number of rotatable bonds is 3. The third-order valence-electron chi connectivity index (χ3n) is 2.83. The first-order valence-electron chi connectivity index (χ1n) is 5.84. The van der Waals surface area contributed by atoms with Crippen LogP contribution in [0.15, 0.2) is 44.0 Å². The maximum Gasteiger partial charge on any atom is 0.264 e. The normalized spacial score (nSPS) is 12.9. The lowest BCUT2D eigenvalue weighted by Crippen LogP contribution is -2.14. The number of anilines is 1. The summed E-state index contributed by atoms with van der Waals surface area (Å²) >= 11 is 6.74. The minimum Gasteiger partial charge on any atom is -0.278 e. The van der Waals surface area contributed by atoms with Crippen LogP contribution >= 0.6 is 11.6 Å². The van der Waals surface area contributed by atoms with Gasteiger partial charge in [-0.25, -0.2) is 13.4 Å². The molecule has 0 spiro atoms. The van der Waals surface area contributed by atoms with Gasteiger partial charge >= 0.3 is 0 Å². The summed E-state index contributed by atoms with van der Waals surface area (Å²) in [7, 11) is -3.77. The Morgan fingerprint density at radius 3 is 2.76 bits per heavy atom. The fraction of sp³-hybridized carbons (Fsp3) is 0.0833. The number of aromatic nitrogens is 1. The van der Waals surface area contributed by atoms with E-state index in [2.05, 4.69) is 18.4 Å². The quantitative estimate of drug-likeness (QED) is 0.740. The first-order chi connectivity index (χ1) is 9.97. The van der Waals surface area contributed by atoms with Gasteiger partial charge in [0.1, 0.15) is 21.4 Å². The van der Waals surface area contributed by atoms with E-state index in [9.17, 15) is 8.42 Å². The van der Waals surface area contributed by atoms with E-state index in [1.165, 1.54) is 12.1 Å². The van der Waals surface area contributed by atoms with E-state index in [0.29, 0.717) is 27.9 Å². The van der Waals surface area contributed by atoms with Gasteiger partial charge in [-0.1, -0.05) is 17.7 Å². The summed E-state index contributed by atoms with van der Waals surface area (Å²) in [6, 6.07) is 7.93. The van der Waals surface area contributed by atoms with Crippen molar-refractivity contribution in [3.8, 4) is 0 Å². The van der Waals surface area contributed by atoms with Crippen molar-refractivity contribution in [2.75, 3.05) is 4.72 Å². The summed E-state index contributed by atoms with van der Waals surface area (Å²) in [5, 5.41) is 0.307. The van der Waals surface area contributed by atoms with Crippen molar-refractivity contribution < 1.29 is 8.42 Å². The largest absolute Gasteiger partial charge is 0.278 e. The van der Waals surface area contributed by atoms with E-state index in [1.54, 1.807) is 25.1 Å². The molecule has 0 radical (unpaired) electrons. The number of halogens is 1. The SMILES string of the molecule is Cc1nc(Cl)ccc1NS(=O)(=O)c1cccc2c1N=S=N2. The first-order valence-corrected chi connectivity index (χ1v) is 8.44. The molecule has 0 saturated heterocycles. The van der Waals surface area contributed by atoms with Gasteiger partial charge in [0.05, 0.1) is 22.7 Å². The second-order valence-corrected chi connectivity index (χ2v) is 6.83. The second-order valence-electron chi connectivity index (χ2n) is 4.26. The molecule has 1 aromatic heterocycles. The van der Waals surface area contributed by atoms with Crippen LogP contribution in [0.25, 0.3) is 0 Å². The molecule has 9 heteroatoms. The van der Waals surface area contributed by atoms with E-state index in [4.69, 9.17) is 11.6 Å². The molecule has 2 heterocycles. The van der Waals surface area contributed by atoms with E-state index in [-0.39, 0.29) is 4.90 Å². The highest BCUT2D eigenvalue weighted by atomic mass is 35.5. The number of nitrogens with zero attached hydrogens (tertiary/aromatic N) is 3. The number of sulfonamides is 1. The van der Waals surface area contributed by atoms with Crippen LogP contribution in [-0.4, -0.2) is 13.4 Å². The van der Waals surface area contributed by atoms with Crippen LogP contribution in [0, 0.1) is 6.92 Å². The summed E-state index contributed by atoms with van der Waals surface area (Å²) in [5.41, 5.74) is 1.78. The monoisotopic (exact) mass is 340 g/mol. The number of nitrogens with one attached hydrogen (secondary N) is 1. The zero-order chi connectivity index (χ0) is 15.0. The van der Waals surface area contributed by atoms with E-state index >= 15 is 0 Å². The van der Waals surface area contributed by atoms with E-state index < -0.39 is 10.0 Å². The molecule has 1 aliphatic heterocycles. The molecule has 3 rings (SSSR count). The number of hydrogen-bond donors (Lipinski definition) is 1. The average Bonchev–Trinajstić information content (AvgIpc) is 2.90. The van der Waals surface area contributed by atoms with Gasteiger partial charge in [0.25, 0.3) is 10.0 Å². The predicted molar refractivity (Wildman–Crippen MR) is 82.8 cm³/mol. The molecule has 0 atom stereocenters. The summed E-state index contributed by atoms with van der Waals surface area (Å²) in [4.78, 5) is 4.10. The maximum atomic E-state index is 12.5. The first kappa shape index (κ1) is 14.2. The van der Waals surface area contributed by atoms with Gasteiger partial charge in [-0.3, -0.25) is 4.72 Å². The molecule has 1 N–H and O–H groups in total. The minimum atomic E-state index is -3.77. The Morgan fingerprint density at radius 2 is 2.00 bits per heavy atom. The summed E-state index contributed by atoms with van der Waals surface area (Å²) in [6.45, 7) is 1.68. The van der Waals surface area contributed by atoms with E-state index in [1.807, 2.05) is 0 Å². The molecule has 0 saturated carbocycles. The number of pyridine rings is 1. The van der Waals surface area contributed by atoms with Gasteiger partial charge in [0.15, 0.2) is 0 Å². The number of aryl methyl sites for hydroxylation is 1. The van der Waals surface area contributed by atoms with Crippen molar-refractivity contribution >= 4 is 50.0 Å². The van der Waals surface area contributed by atoms with E-state index in [0.717, 1.165) is 11.4 Å². The van der Waals surface area contributed by atoms with Crippen molar-refractivity contribution in [1.82, 2.24) is 4.98 Å². The Kier molecular flexibility index (Phi) is 3.52. The smallest absolute Gasteiger partial charge is 0.264 e. The summed E-state index contributed by atoms with van der Waals surface area (Å²) < 4.78 is 35.6. The topological polar surface area (TPSA) is 83.8 Å². The Hall–Kier alpha value is -1.77. The number of benzene rings is 1. The summed E-state index contributed by atoms with van der Waals surface area (Å²) in [6.07, 6.45) is 0. The van der Waals surface area contributed by atoms with Crippen molar-refractivity contribution in [1.29, 1.82) is 0 Å². The fourth-order valence-corrected chi connectivity index (χ4v) is 3.91. The van der Waals surface area contributed by atoms with Gasteiger partial charge in [-0.05, 0) is 31.2 Å². The third-order valence-corrected chi connectivity index (χ3v) is 4.98. The van der Waals surface area contributed by atoms with Gasteiger partial charge in [-0.2, -0.15) is 8.73 Å². The maximum absolute atomic E-state index is 12.5. The van der Waals surface area contributed by atoms with Gasteiger partial charge in [-0.15, -0.1) is 0 Å². The molecule has 0 amide bonds. The van der Waals surface area contributed by atoms with Crippen molar-refractivity contribution in [2.45, 2.75) is 11.8 Å². The molecule has 0 unspecified atom stereocenters. The zero-order valence-corrected chi connectivity index (χ0v) is 13.1. The van der Waals surface area contributed by atoms with Crippen molar-refractivity contribution in [3.63, 3.8) is 0 Å². The molecule has 6 nitrogen and oxygen atoms in total. The molecule has 21 heavy (non-hydrogen) atoms. The predicted octanol–water partition coefficient (Wildman–Crippen LogP) is 3.57. The second kappa shape index (κ2) is 5.21. The van der Waals surface area contributed by atoms with Gasteiger partial charge in [0, 0.05) is 0 Å². The van der Waals surface area contributed by atoms with Crippen LogP contribution in [0.5, 0.6) is 0 Å². The highest BCUT2D eigenvalue weighted by Crippen LogP contribution is 2.38. The van der Waals surface area contributed by atoms with Crippen LogP contribution in [0.3, 0.4) is 0 Å². The average molecular weight is 341 g/mol. The summed E-state index contributed by atoms with van der Waals surface area (Å²) in [5.74, 6) is 0. The van der Waals surface area contributed by atoms with Crippen LogP contribution in [-0.2, 0) is 21.4 Å². The highest BCUT2D eigenvalue weighted by Gasteiger charge is 2.23. The Labute approximate surface area is 130 Å². The number of hydrogen-bond acceptors (Lipinski definition) is 5. The van der Waals surface area contributed by atoms with Crippen LogP contribution in [0.2, 0.25) is 5.15 Å². The fourth-order valence-electron chi connectivity index (χ4n) is 1.84. The molecular weight excluding hydrogens is 332 g/mol. The Bertz CT molecular complexity index is 905. The molecule has 0 fully saturated rings. The number of fused-ring (bicyclic) bond motifs is 1. The lowest BCUT2D eigenvalue weighted by molar-refractivity contribution is 0.601. The molecule has 108 valence electrons. The minimum absolute atomic E-state index is 0.0862. The standard InChI is InChI=1S/C12H9ClN4O2S2/c1-7-8(5-6-11(13)14-7)17-21(18,19)10-4-2-3-9-12(10)16-20-15-9/h2-6,17H,1H3. The Balaban J connectivity index is 2.03. The van der Waals surface area contributed by atoms with Crippen LogP contribution in [0.1, 0.15) is 5.69 Å². The Morgan fingerprint density at radius 1 is 1.19 bits per heavy atom. The van der Waals surface area contributed by atoms with Crippen molar-refractivity contribution in [3.05, 3.63) is 41.2 Å².